The number of anilines is 1. The van der Waals surface area contributed by atoms with E-state index >= 15 is 0 Å². The van der Waals surface area contributed by atoms with Crippen molar-refractivity contribution in [3.05, 3.63) is 94.2 Å². The summed E-state index contributed by atoms with van der Waals surface area (Å²) in [6, 6.07) is 15.6. The van der Waals surface area contributed by atoms with Crippen molar-refractivity contribution in [3.8, 4) is 0 Å². The second-order valence-electron chi connectivity index (χ2n) is 6.92. The summed E-state index contributed by atoms with van der Waals surface area (Å²) in [7, 11) is -3.08. The Hall–Kier alpha value is -3.46. The highest BCUT2D eigenvalue weighted by atomic mass is 32.2. The van der Waals surface area contributed by atoms with Crippen LogP contribution in [0, 0.1) is 0 Å². The maximum absolute atomic E-state index is 12.2. The van der Waals surface area contributed by atoms with E-state index in [4.69, 9.17) is 0 Å². The van der Waals surface area contributed by atoms with Crippen LogP contribution in [0.5, 0.6) is 0 Å². The van der Waals surface area contributed by atoms with Gasteiger partial charge >= 0.3 is 11.7 Å². The third-order valence-electron chi connectivity index (χ3n) is 4.23. The predicted octanol–water partition coefficient (Wildman–Crippen LogP) is 2.16. The summed E-state index contributed by atoms with van der Waals surface area (Å²) >= 11 is 0. The molecule has 8 nitrogen and oxygen atoms in total. The monoisotopic (exact) mass is 426 g/mol. The van der Waals surface area contributed by atoms with Gasteiger partial charge in [-0.2, -0.15) is 0 Å². The Balaban J connectivity index is 1.55. The molecule has 0 saturated heterocycles. The molecule has 1 aromatic heterocycles. The van der Waals surface area contributed by atoms with E-state index < -0.39 is 9.84 Å². The van der Waals surface area contributed by atoms with E-state index in [-0.39, 0.29) is 17.5 Å². The fourth-order valence-electron chi connectivity index (χ4n) is 2.87. The molecular weight excluding hydrogens is 404 g/mol. The number of rotatable bonds is 7. The first-order valence-corrected chi connectivity index (χ1v) is 11.3. The van der Waals surface area contributed by atoms with Gasteiger partial charge < -0.3 is 10.6 Å². The summed E-state index contributed by atoms with van der Waals surface area (Å²) in [5.74, 6) is -0.0112. The highest BCUT2D eigenvalue weighted by Gasteiger charge is 2.06. The Morgan fingerprint density at radius 3 is 2.47 bits per heavy atom. The SMILES string of the molecule is CS(=O)(=O)Cc1ccc(CNC(=O)Nc2cccc(Cn3cccnc3=O)c2)cc1. The smallest absolute Gasteiger partial charge is 0.334 e. The average Bonchev–Trinajstić information content (AvgIpc) is 2.68. The van der Waals surface area contributed by atoms with Gasteiger partial charge in [0, 0.05) is 30.9 Å². The maximum atomic E-state index is 12.2. The molecule has 0 aliphatic rings. The predicted molar refractivity (Wildman–Crippen MR) is 115 cm³/mol. The van der Waals surface area contributed by atoms with Crippen molar-refractivity contribution < 1.29 is 13.2 Å². The summed E-state index contributed by atoms with van der Waals surface area (Å²) in [6.45, 7) is 0.652. The van der Waals surface area contributed by atoms with Gasteiger partial charge in [0.2, 0.25) is 0 Å². The van der Waals surface area contributed by atoms with E-state index in [9.17, 15) is 18.0 Å². The highest BCUT2D eigenvalue weighted by Crippen LogP contribution is 2.12. The molecule has 0 fully saturated rings. The minimum absolute atomic E-state index is 0.0112. The molecule has 0 radical (unpaired) electrons. The molecule has 2 aromatic carbocycles. The number of hydrogen-bond donors (Lipinski definition) is 2. The van der Waals surface area contributed by atoms with Crippen LogP contribution < -0.4 is 16.3 Å². The van der Waals surface area contributed by atoms with E-state index in [2.05, 4.69) is 15.6 Å². The fraction of sp³-hybridized carbons (Fsp3) is 0.190. The van der Waals surface area contributed by atoms with Crippen LogP contribution in [0.25, 0.3) is 0 Å². The van der Waals surface area contributed by atoms with Gasteiger partial charge in [-0.05, 0) is 34.9 Å². The maximum Gasteiger partial charge on any atom is 0.347 e. The average molecular weight is 426 g/mol. The molecule has 0 aliphatic carbocycles. The zero-order chi connectivity index (χ0) is 21.6. The van der Waals surface area contributed by atoms with Crippen molar-refractivity contribution in [3.63, 3.8) is 0 Å². The number of urea groups is 1. The number of amides is 2. The van der Waals surface area contributed by atoms with Crippen LogP contribution in [-0.4, -0.2) is 30.3 Å². The lowest BCUT2D eigenvalue weighted by atomic mass is 10.1. The summed E-state index contributed by atoms with van der Waals surface area (Å²) in [4.78, 5) is 27.7. The van der Waals surface area contributed by atoms with Crippen LogP contribution in [-0.2, 0) is 28.7 Å². The molecule has 1 heterocycles. The topological polar surface area (TPSA) is 110 Å². The standard InChI is InChI=1S/C21H22N4O4S/c1-30(28,29)15-17-8-6-16(7-9-17)13-23-20(26)24-19-5-2-4-18(12-19)14-25-11-3-10-22-21(25)27/h2-12H,13-15H2,1H3,(H2,23,24,26). The molecule has 9 heteroatoms. The molecule has 2 amide bonds. The number of nitrogens with zero attached hydrogens (tertiary/aromatic N) is 2. The van der Waals surface area contributed by atoms with E-state index in [1.54, 1.807) is 54.7 Å². The molecule has 30 heavy (non-hydrogen) atoms. The minimum Gasteiger partial charge on any atom is -0.334 e. The van der Waals surface area contributed by atoms with E-state index in [0.29, 0.717) is 24.3 Å². The molecule has 0 bridgehead atoms. The van der Waals surface area contributed by atoms with E-state index in [1.165, 1.54) is 17.0 Å². The van der Waals surface area contributed by atoms with Gasteiger partial charge in [-0.3, -0.25) is 4.57 Å². The molecule has 0 saturated carbocycles. The van der Waals surface area contributed by atoms with Gasteiger partial charge in [0.15, 0.2) is 9.84 Å². The summed E-state index contributed by atoms with van der Waals surface area (Å²) in [5.41, 5.74) is 2.67. The van der Waals surface area contributed by atoms with E-state index in [1.807, 2.05) is 6.07 Å². The zero-order valence-electron chi connectivity index (χ0n) is 16.4. The first-order valence-electron chi connectivity index (χ1n) is 9.19. The van der Waals surface area contributed by atoms with Gasteiger partial charge in [-0.1, -0.05) is 36.4 Å². The molecule has 156 valence electrons. The lowest BCUT2D eigenvalue weighted by Crippen LogP contribution is -2.28. The Labute approximate surface area is 174 Å². The van der Waals surface area contributed by atoms with Crippen LogP contribution in [0.1, 0.15) is 16.7 Å². The largest absolute Gasteiger partial charge is 0.347 e. The van der Waals surface area contributed by atoms with Crippen LogP contribution in [0.15, 0.2) is 71.8 Å². The van der Waals surface area contributed by atoms with Crippen molar-refractivity contribution in [1.29, 1.82) is 0 Å². The number of carbonyl (C=O) groups excluding carboxylic acids is 1. The molecule has 0 aliphatic heterocycles. The van der Waals surface area contributed by atoms with Gasteiger partial charge in [0.25, 0.3) is 0 Å². The number of aromatic nitrogens is 2. The fourth-order valence-corrected chi connectivity index (χ4v) is 3.66. The summed E-state index contributed by atoms with van der Waals surface area (Å²) < 4.78 is 24.1. The lowest BCUT2D eigenvalue weighted by Gasteiger charge is -2.10. The lowest BCUT2D eigenvalue weighted by molar-refractivity contribution is 0.251. The highest BCUT2D eigenvalue weighted by molar-refractivity contribution is 7.89. The zero-order valence-corrected chi connectivity index (χ0v) is 17.2. The third kappa shape index (κ3) is 6.56. The number of sulfone groups is 1. The van der Waals surface area contributed by atoms with Crippen LogP contribution in [0.4, 0.5) is 10.5 Å². The third-order valence-corrected chi connectivity index (χ3v) is 5.08. The second kappa shape index (κ2) is 9.36. The first kappa shape index (κ1) is 21.3. The molecule has 0 spiro atoms. The van der Waals surface area contributed by atoms with Crippen LogP contribution >= 0.6 is 0 Å². The first-order chi connectivity index (χ1) is 14.3. The van der Waals surface area contributed by atoms with Gasteiger partial charge in [-0.25, -0.2) is 23.0 Å². The van der Waals surface area contributed by atoms with Crippen molar-refractivity contribution in [1.82, 2.24) is 14.9 Å². The molecule has 3 aromatic rings. The Bertz CT molecular complexity index is 1190. The normalized spacial score (nSPS) is 11.1. The van der Waals surface area contributed by atoms with Crippen LogP contribution in [0.3, 0.4) is 0 Å². The molecular formula is C21H22N4O4S. The number of carbonyl (C=O) groups is 1. The molecule has 0 unspecified atom stereocenters. The van der Waals surface area contributed by atoms with Gasteiger partial charge in [0.05, 0.1) is 12.3 Å². The number of nitrogens with one attached hydrogen (secondary N) is 2. The second-order valence-corrected chi connectivity index (χ2v) is 9.06. The summed E-state index contributed by atoms with van der Waals surface area (Å²) in [6.07, 6.45) is 4.29. The molecule has 2 N–H and O–H groups in total. The number of benzene rings is 2. The Morgan fingerprint density at radius 1 is 1.03 bits per heavy atom. The summed E-state index contributed by atoms with van der Waals surface area (Å²) in [5, 5.41) is 5.52. The molecule has 3 rings (SSSR count). The minimum atomic E-state index is -3.08. The van der Waals surface area contributed by atoms with E-state index in [0.717, 1.165) is 11.1 Å². The quantitative estimate of drug-likeness (QED) is 0.602. The number of hydrogen-bond acceptors (Lipinski definition) is 5. The van der Waals surface area contributed by atoms with Gasteiger partial charge in [-0.15, -0.1) is 0 Å². The Morgan fingerprint density at radius 2 is 1.77 bits per heavy atom. The van der Waals surface area contributed by atoms with Crippen LogP contribution in [0.2, 0.25) is 0 Å². The molecule has 0 atom stereocenters. The van der Waals surface area contributed by atoms with Gasteiger partial charge in [0.1, 0.15) is 0 Å². The van der Waals surface area contributed by atoms with Crippen molar-refractivity contribution in [2.75, 3.05) is 11.6 Å². The van der Waals surface area contributed by atoms with Crippen molar-refractivity contribution in [2.24, 2.45) is 0 Å². The van der Waals surface area contributed by atoms with Crippen molar-refractivity contribution >= 4 is 21.6 Å². The van der Waals surface area contributed by atoms with Crippen molar-refractivity contribution in [2.45, 2.75) is 18.8 Å². The Kier molecular flexibility index (Phi) is 6.63.